The van der Waals surface area contributed by atoms with Crippen molar-refractivity contribution in [1.29, 1.82) is 0 Å². The van der Waals surface area contributed by atoms with Crippen LogP contribution in [0.15, 0.2) is 53.7 Å². The molecule has 0 aliphatic heterocycles. The Labute approximate surface area is 136 Å². The number of hydrogen-bond acceptors (Lipinski definition) is 2. The van der Waals surface area contributed by atoms with E-state index in [1.54, 1.807) is 26.0 Å². The van der Waals surface area contributed by atoms with Crippen molar-refractivity contribution in [2.45, 2.75) is 25.2 Å². The first-order valence-corrected chi connectivity index (χ1v) is 8.92. The van der Waals surface area contributed by atoms with Crippen molar-refractivity contribution in [3.63, 3.8) is 0 Å². The topological polar surface area (TPSA) is 30.0 Å². The zero-order valence-electron chi connectivity index (χ0n) is 13.0. The van der Waals surface area contributed by atoms with Crippen molar-refractivity contribution in [3.05, 3.63) is 59.9 Å². The highest BCUT2D eigenvalue weighted by Crippen LogP contribution is 3.02. The molecule has 0 fully saturated rings. The zero-order chi connectivity index (χ0) is 18.3. The van der Waals surface area contributed by atoms with E-state index in [9.17, 15) is 24.2 Å². The normalized spacial score (nSPS) is 15.5. The highest BCUT2D eigenvalue weighted by atomic mass is 32.5. The maximum absolute atomic E-state index is 12.7. The third kappa shape index (κ3) is 4.31. The van der Waals surface area contributed by atoms with Crippen molar-refractivity contribution in [1.82, 2.24) is 4.98 Å². The van der Waals surface area contributed by atoms with Crippen LogP contribution in [0.25, 0.3) is 0 Å². The molecular formula is C16H16F5NOS. The van der Waals surface area contributed by atoms with E-state index < -0.39 is 20.5 Å². The maximum Gasteiger partial charge on any atom is 0.310 e. The van der Waals surface area contributed by atoms with Crippen LogP contribution in [0.1, 0.15) is 29.8 Å². The summed E-state index contributed by atoms with van der Waals surface area (Å²) in [7, 11) is -9.67. The molecule has 0 aliphatic rings. The lowest BCUT2D eigenvalue weighted by atomic mass is 9.79. The number of Topliss-reactive ketones (excluding diaryl/α,β-unsaturated/α-hetero) is 1. The molecule has 0 saturated carbocycles. The Morgan fingerprint density at radius 2 is 1.62 bits per heavy atom. The van der Waals surface area contributed by atoms with Gasteiger partial charge in [0, 0.05) is 23.4 Å². The molecular weight excluding hydrogens is 349 g/mol. The minimum absolute atomic E-state index is 0.112. The van der Waals surface area contributed by atoms with E-state index in [2.05, 4.69) is 4.98 Å². The summed E-state index contributed by atoms with van der Waals surface area (Å²) in [4.78, 5) is 14.4. The van der Waals surface area contributed by atoms with Gasteiger partial charge in [-0.05, 0) is 36.2 Å². The number of rotatable bonds is 5. The molecule has 1 aromatic heterocycles. The van der Waals surface area contributed by atoms with Gasteiger partial charge in [0.25, 0.3) is 0 Å². The Bertz CT molecular complexity index is 755. The second kappa shape index (κ2) is 5.02. The highest BCUT2D eigenvalue weighted by Gasteiger charge is 2.65. The lowest BCUT2D eigenvalue weighted by molar-refractivity contribution is 0.0837. The van der Waals surface area contributed by atoms with Crippen LogP contribution in [-0.2, 0) is 6.42 Å². The van der Waals surface area contributed by atoms with E-state index in [1.807, 2.05) is 0 Å². The van der Waals surface area contributed by atoms with Crippen LogP contribution in [-0.4, -0.2) is 10.8 Å². The number of aromatic nitrogens is 1. The van der Waals surface area contributed by atoms with Crippen LogP contribution in [0.2, 0.25) is 0 Å². The lowest BCUT2D eigenvalue weighted by Crippen LogP contribution is -2.27. The molecule has 0 radical (unpaired) electrons. The minimum Gasteiger partial charge on any atom is -0.294 e. The van der Waals surface area contributed by atoms with Crippen LogP contribution < -0.4 is 0 Å². The third-order valence-electron chi connectivity index (χ3n) is 3.55. The number of carbonyl (C=O) groups excluding carboxylic acids is 1. The Morgan fingerprint density at radius 3 is 2.08 bits per heavy atom. The summed E-state index contributed by atoms with van der Waals surface area (Å²) in [6, 6.07) is 5.88. The monoisotopic (exact) mass is 365 g/mol. The Hall–Kier alpha value is -1.96. The number of pyridine rings is 1. The predicted molar refractivity (Wildman–Crippen MR) is 83.9 cm³/mol. The fourth-order valence-electron chi connectivity index (χ4n) is 2.34. The van der Waals surface area contributed by atoms with E-state index in [4.69, 9.17) is 0 Å². The van der Waals surface area contributed by atoms with Gasteiger partial charge < -0.3 is 0 Å². The van der Waals surface area contributed by atoms with Crippen molar-refractivity contribution in [2.75, 3.05) is 0 Å². The van der Waals surface area contributed by atoms with Crippen LogP contribution in [0.3, 0.4) is 0 Å². The summed E-state index contributed by atoms with van der Waals surface area (Å²) >= 11 is 0. The van der Waals surface area contributed by atoms with Crippen molar-refractivity contribution < 1.29 is 24.2 Å². The molecule has 0 N–H and O–H groups in total. The Morgan fingerprint density at radius 1 is 1.04 bits per heavy atom. The molecule has 0 aliphatic carbocycles. The molecule has 8 heteroatoms. The van der Waals surface area contributed by atoms with Gasteiger partial charge in [-0.2, -0.15) is 0 Å². The van der Waals surface area contributed by atoms with E-state index in [1.165, 1.54) is 12.4 Å². The highest BCUT2D eigenvalue weighted by molar-refractivity contribution is 8.45. The standard InChI is InChI=1S/C16H16F5NOS/c1-16(2,15(23)13-4-3-9-22-11-13)10-12-5-7-14(8-6-12)24(17,18,19,20)21/h3-9,11H,10H2,1-2H3. The average Bonchev–Trinajstić information content (AvgIpc) is 2.45. The van der Waals surface area contributed by atoms with Gasteiger partial charge in [0.15, 0.2) is 5.78 Å². The molecule has 0 bridgehead atoms. The molecule has 1 aromatic carbocycles. The minimum atomic E-state index is -9.67. The number of nitrogens with zero attached hydrogens (tertiary/aromatic N) is 1. The molecule has 0 atom stereocenters. The van der Waals surface area contributed by atoms with E-state index in [0.717, 1.165) is 12.1 Å². The Balaban J connectivity index is 2.24. The molecule has 1 heterocycles. The quantitative estimate of drug-likeness (QED) is 0.467. The van der Waals surface area contributed by atoms with Gasteiger partial charge in [0.1, 0.15) is 4.90 Å². The molecule has 24 heavy (non-hydrogen) atoms. The van der Waals surface area contributed by atoms with Crippen molar-refractivity contribution in [3.8, 4) is 0 Å². The largest absolute Gasteiger partial charge is 0.310 e. The summed E-state index contributed by atoms with van der Waals surface area (Å²) in [5.41, 5.74) is -0.173. The summed E-state index contributed by atoms with van der Waals surface area (Å²) in [5, 5.41) is 0. The van der Waals surface area contributed by atoms with Gasteiger partial charge in [0.2, 0.25) is 0 Å². The fourth-order valence-corrected chi connectivity index (χ4v) is 2.99. The number of hydrogen-bond donors (Lipinski definition) is 0. The van der Waals surface area contributed by atoms with Gasteiger partial charge in [-0.1, -0.05) is 45.4 Å². The number of halogens is 5. The van der Waals surface area contributed by atoms with Crippen LogP contribution in [0.5, 0.6) is 0 Å². The SMILES string of the molecule is CC(C)(Cc1ccc(S(F)(F)(F)(F)F)cc1)C(=O)c1cccnc1. The van der Waals surface area contributed by atoms with Gasteiger partial charge >= 0.3 is 10.2 Å². The van der Waals surface area contributed by atoms with Crippen molar-refractivity contribution >= 4 is 16.0 Å². The maximum atomic E-state index is 12.7. The van der Waals surface area contributed by atoms with Crippen LogP contribution >= 0.6 is 10.2 Å². The summed E-state index contributed by atoms with van der Waals surface area (Å²) in [6.45, 7) is 3.28. The zero-order valence-corrected chi connectivity index (χ0v) is 13.8. The molecule has 0 amide bonds. The molecule has 2 nitrogen and oxygen atoms in total. The molecule has 2 aromatic rings. The first-order chi connectivity index (χ1) is 10.7. The van der Waals surface area contributed by atoms with Crippen molar-refractivity contribution in [2.24, 2.45) is 5.41 Å². The smallest absolute Gasteiger partial charge is 0.294 e. The van der Waals surface area contributed by atoms with Crippen LogP contribution in [0, 0.1) is 5.41 Å². The van der Waals surface area contributed by atoms with E-state index >= 15 is 0 Å². The fraction of sp³-hybridized carbons (Fsp3) is 0.250. The van der Waals surface area contributed by atoms with Gasteiger partial charge in [-0.25, -0.2) is 0 Å². The average molecular weight is 365 g/mol. The third-order valence-corrected chi connectivity index (χ3v) is 4.72. The second-order valence-electron chi connectivity index (χ2n) is 6.24. The molecule has 132 valence electrons. The molecule has 0 spiro atoms. The number of ketones is 1. The van der Waals surface area contributed by atoms with E-state index in [0.29, 0.717) is 23.3 Å². The molecule has 2 rings (SSSR count). The molecule has 0 unspecified atom stereocenters. The number of benzene rings is 1. The predicted octanol–water partition coefficient (Wildman–Crippen LogP) is 6.19. The summed E-state index contributed by atoms with van der Waals surface area (Å²) < 4.78 is 63.5. The lowest BCUT2D eigenvalue weighted by Gasteiger charge is -2.40. The van der Waals surface area contributed by atoms with Gasteiger partial charge in [-0.3, -0.25) is 9.78 Å². The number of carbonyl (C=O) groups is 1. The first-order valence-electron chi connectivity index (χ1n) is 6.97. The van der Waals surface area contributed by atoms with E-state index in [-0.39, 0.29) is 12.2 Å². The Kier molecular flexibility index (Phi) is 3.84. The first kappa shape index (κ1) is 18.4. The summed E-state index contributed by atoms with van der Waals surface area (Å²) in [5.74, 6) is -0.229. The summed E-state index contributed by atoms with van der Waals surface area (Å²) in [6.07, 6.45) is 3.03. The van der Waals surface area contributed by atoms with Gasteiger partial charge in [0.05, 0.1) is 0 Å². The second-order valence-corrected chi connectivity index (χ2v) is 8.65. The van der Waals surface area contributed by atoms with Gasteiger partial charge in [-0.15, -0.1) is 0 Å². The van der Waals surface area contributed by atoms with Crippen LogP contribution in [0.4, 0.5) is 19.4 Å². The molecule has 0 saturated heterocycles.